The van der Waals surface area contributed by atoms with Crippen molar-refractivity contribution in [2.45, 2.75) is 32.6 Å². The molecule has 2 heteroatoms. The zero-order chi connectivity index (χ0) is 10.0. The number of benzene rings is 1. The van der Waals surface area contributed by atoms with Gasteiger partial charge in [-0.2, -0.15) is 0 Å². The first-order valence-electron chi connectivity index (χ1n) is 4.50. The highest BCUT2D eigenvalue weighted by molar-refractivity contribution is 7.99. The summed E-state index contributed by atoms with van der Waals surface area (Å²) in [6.45, 7) is 8.14. The van der Waals surface area contributed by atoms with Crippen molar-refractivity contribution in [3.8, 4) is 5.75 Å². The van der Waals surface area contributed by atoms with Gasteiger partial charge in [0.25, 0.3) is 0 Å². The molecule has 0 amide bonds. The second kappa shape index (κ2) is 4.05. The lowest BCUT2D eigenvalue weighted by atomic mass is 10.1. The van der Waals surface area contributed by atoms with Crippen molar-refractivity contribution in [2.75, 3.05) is 5.75 Å². The molecule has 0 heterocycles. The van der Waals surface area contributed by atoms with Gasteiger partial charge >= 0.3 is 0 Å². The van der Waals surface area contributed by atoms with Crippen molar-refractivity contribution in [3.05, 3.63) is 22.8 Å². The third-order valence-corrected chi connectivity index (χ3v) is 3.35. The van der Waals surface area contributed by atoms with E-state index in [9.17, 15) is 5.11 Å². The van der Waals surface area contributed by atoms with Crippen LogP contribution in [0.3, 0.4) is 0 Å². The SMILES string of the molecule is CCSc1c(C)cc(C)c(O)c1C. The van der Waals surface area contributed by atoms with Crippen LogP contribution in [0.2, 0.25) is 0 Å². The minimum Gasteiger partial charge on any atom is -0.507 e. The molecule has 0 aromatic heterocycles. The highest BCUT2D eigenvalue weighted by Crippen LogP contribution is 2.34. The van der Waals surface area contributed by atoms with Gasteiger partial charge in [-0.05, 0) is 37.7 Å². The molecule has 0 aliphatic carbocycles. The summed E-state index contributed by atoms with van der Waals surface area (Å²) < 4.78 is 0. The summed E-state index contributed by atoms with van der Waals surface area (Å²) in [5, 5.41) is 9.72. The second-order valence-corrected chi connectivity index (χ2v) is 4.52. The van der Waals surface area contributed by atoms with E-state index in [1.165, 1.54) is 10.5 Å². The maximum Gasteiger partial charge on any atom is 0.122 e. The number of phenolic OH excluding ortho intramolecular Hbond substituents is 1. The van der Waals surface area contributed by atoms with E-state index in [-0.39, 0.29) is 0 Å². The summed E-state index contributed by atoms with van der Waals surface area (Å²) >= 11 is 1.79. The van der Waals surface area contributed by atoms with Crippen molar-refractivity contribution in [1.82, 2.24) is 0 Å². The van der Waals surface area contributed by atoms with Crippen LogP contribution in [-0.2, 0) is 0 Å². The predicted octanol–water partition coefficient (Wildman–Crippen LogP) is 3.43. The molecule has 1 nitrogen and oxygen atoms in total. The lowest BCUT2D eigenvalue weighted by Gasteiger charge is -2.12. The van der Waals surface area contributed by atoms with Crippen molar-refractivity contribution >= 4 is 11.8 Å². The number of aromatic hydroxyl groups is 1. The van der Waals surface area contributed by atoms with Gasteiger partial charge in [0, 0.05) is 10.5 Å². The minimum atomic E-state index is 0.446. The standard InChI is InChI=1S/C11H16OS/c1-5-13-11-8(3)6-7(2)10(12)9(11)4/h6,12H,5H2,1-4H3. The number of aryl methyl sites for hydroxylation is 2. The van der Waals surface area contributed by atoms with E-state index in [1.54, 1.807) is 11.8 Å². The molecule has 0 atom stereocenters. The zero-order valence-corrected chi connectivity index (χ0v) is 9.46. The highest BCUT2D eigenvalue weighted by atomic mass is 32.2. The van der Waals surface area contributed by atoms with E-state index in [4.69, 9.17) is 0 Å². The van der Waals surface area contributed by atoms with Gasteiger partial charge in [0.05, 0.1) is 0 Å². The quantitative estimate of drug-likeness (QED) is 0.731. The van der Waals surface area contributed by atoms with Gasteiger partial charge in [-0.15, -0.1) is 11.8 Å². The molecule has 0 aliphatic heterocycles. The monoisotopic (exact) mass is 196 g/mol. The fraction of sp³-hybridized carbons (Fsp3) is 0.455. The third kappa shape index (κ3) is 1.99. The Kier molecular flexibility index (Phi) is 3.26. The molecule has 0 aliphatic rings. The summed E-state index contributed by atoms with van der Waals surface area (Å²) in [6, 6.07) is 2.04. The molecule has 0 spiro atoms. The molecule has 0 unspecified atom stereocenters. The van der Waals surface area contributed by atoms with Crippen molar-refractivity contribution in [1.29, 1.82) is 0 Å². The Hall–Kier alpha value is -0.630. The van der Waals surface area contributed by atoms with E-state index in [2.05, 4.69) is 13.8 Å². The number of hydrogen-bond donors (Lipinski definition) is 1. The van der Waals surface area contributed by atoms with Gasteiger partial charge in [-0.3, -0.25) is 0 Å². The van der Waals surface area contributed by atoms with E-state index in [0.29, 0.717) is 5.75 Å². The Morgan fingerprint density at radius 2 is 1.85 bits per heavy atom. The van der Waals surface area contributed by atoms with Crippen LogP contribution in [0.15, 0.2) is 11.0 Å². The van der Waals surface area contributed by atoms with Crippen LogP contribution in [0.25, 0.3) is 0 Å². The number of thioether (sulfide) groups is 1. The van der Waals surface area contributed by atoms with Crippen LogP contribution >= 0.6 is 11.8 Å². The summed E-state index contributed by atoms with van der Waals surface area (Å²) in [5.74, 6) is 1.49. The number of hydrogen-bond acceptors (Lipinski definition) is 2. The van der Waals surface area contributed by atoms with Crippen molar-refractivity contribution in [2.24, 2.45) is 0 Å². The normalized spacial score (nSPS) is 10.5. The van der Waals surface area contributed by atoms with Crippen LogP contribution < -0.4 is 0 Å². The Labute approximate surface area is 84.2 Å². The van der Waals surface area contributed by atoms with Gasteiger partial charge in [-0.25, -0.2) is 0 Å². The van der Waals surface area contributed by atoms with Crippen molar-refractivity contribution < 1.29 is 5.11 Å². The Morgan fingerprint density at radius 3 is 2.38 bits per heavy atom. The molecular formula is C11H16OS. The van der Waals surface area contributed by atoms with Crippen molar-refractivity contribution in [3.63, 3.8) is 0 Å². The second-order valence-electron chi connectivity index (χ2n) is 3.25. The predicted molar refractivity (Wildman–Crippen MR) is 58.7 cm³/mol. The molecule has 1 aromatic carbocycles. The molecule has 13 heavy (non-hydrogen) atoms. The fourth-order valence-corrected chi connectivity index (χ4v) is 2.41. The first-order chi connectivity index (χ1) is 6.07. The van der Waals surface area contributed by atoms with E-state index >= 15 is 0 Å². The van der Waals surface area contributed by atoms with Gasteiger partial charge in [0.15, 0.2) is 0 Å². The first-order valence-corrected chi connectivity index (χ1v) is 5.49. The Balaban J connectivity index is 3.26. The summed E-state index contributed by atoms with van der Waals surface area (Å²) in [6.07, 6.45) is 0. The van der Waals surface area contributed by atoms with Crippen LogP contribution in [-0.4, -0.2) is 10.9 Å². The van der Waals surface area contributed by atoms with Crippen LogP contribution in [0, 0.1) is 20.8 Å². The average molecular weight is 196 g/mol. The van der Waals surface area contributed by atoms with Gasteiger partial charge < -0.3 is 5.11 Å². The first kappa shape index (κ1) is 10.5. The summed E-state index contributed by atoms with van der Waals surface area (Å²) in [5.41, 5.74) is 3.25. The van der Waals surface area contributed by atoms with E-state index in [0.717, 1.165) is 16.9 Å². The third-order valence-electron chi connectivity index (χ3n) is 2.15. The molecule has 1 N–H and O–H groups in total. The van der Waals surface area contributed by atoms with Gasteiger partial charge in [0.1, 0.15) is 5.75 Å². The Bertz CT molecular complexity index is 318. The number of phenols is 1. The fourth-order valence-electron chi connectivity index (χ4n) is 1.52. The molecular weight excluding hydrogens is 180 g/mol. The minimum absolute atomic E-state index is 0.446. The number of rotatable bonds is 2. The summed E-state index contributed by atoms with van der Waals surface area (Å²) in [7, 11) is 0. The van der Waals surface area contributed by atoms with Gasteiger partial charge in [-0.1, -0.05) is 13.0 Å². The maximum absolute atomic E-state index is 9.72. The molecule has 0 fully saturated rings. The molecule has 1 aromatic rings. The highest BCUT2D eigenvalue weighted by Gasteiger charge is 2.09. The molecule has 0 saturated heterocycles. The van der Waals surface area contributed by atoms with Gasteiger partial charge in [0.2, 0.25) is 0 Å². The van der Waals surface area contributed by atoms with Crippen LogP contribution in [0.4, 0.5) is 0 Å². The largest absolute Gasteiger partial charge is 0.507 e. The van der Waals surface area contributed by atoms with E-state index in [1.807, 2.05) is 19.9 Å². The lowest BCUT2D eigenvalue weighted by Crippen LogP contribution is -1.89. The molecule has 0 saturated carbocycles. The summed E-state index contributed by atoms with van der Waals surface area (Å²) in [4.78, 5) is 1.23. The smallest absolute Gasteiger partial charge is 0.122 e. The topological polar surface area (TPSA) is 20.2 Å². The lowest BCUT2D eigenvalue weighted by molar-refractivity contribution is 0.464. The molecule has 1 rings (SSSR count). The van der Waals surface area contributed by atoms with Crippen LogP contribution in [0.1, 0.15) is 23.6 Å². The Morgan fingerprint density at radius 1 is 1.23 bits per heavy atom. The zero-order valence-electron chi connectivity index (χ0n) is 8.64. The molecule has 0 radical (unpaired) electrons. The average Bonchev–Trinajstić information content (AvgIpc) is 2.09. The maximum atomic E-state index is 9.72. The molecule has 72 valence electrons. The molecule has 0 bridgehead atoms. The van der Waals surface area contributed by atoms with Crippen LogP contribution in [0.5, 0.6) is 5.75 Å². The van der Waals surface area contributed by atoms with E-state index < -0.39 is 0 Å².